The summed E-state index contributed by atoms with van der Waals surface area (Å²) in [5.74, 6) is -0.292. The van der Waals surface area contributed by atoms with Crippen molar-refractivity contribution in [1.82, 2.24) is 15.1 Å². The van der Waals surface area contributed by atoms with Crippen molar-refractivity contribution in [3.8, 4) is 5.69 Å². The van der Waals surface area contributed by atoms with E-state index in [0.29, 0.717) is 5.56 Å². The fourth-order valence-electron chi connectivity index (χ4n) is 2.63. The Bertz CT molecular complexity index is 861. The highest BCUT2D eigenvalue weighted by Crippen LogP contribution is 2.13. The van der Waals surface area contributed by atoms with E-state index in [4.69, 9.17) is 4.74 Å². The smallest absolute Gasteiger partial charge is 0.338 e. The molecule has 3 aromatic rings. The van der Waals surface area contributed by atoms with Crippen LogP contribution in [0.5, 0.6) is 0 Å². The largest absolute Gasteiger partial charge is 0.456 e. The Morgan fingerprint density at radius 1 is 1.00 bits per heavy atom. The molecule has 0 saturated heterocycles. The molecule has 5 nitrogen and oxygen atoms in total. The lowest BCUT2D eigenvalue weighted by Crippen LogP contribution is -2.23. The van der Waals surface area contributed by atoms with Gasteiger partial charge < -0.3 is 10.1 Å². The average Bonchev–Trinajstić information content (AvgIpc) is 3.16. The van der Waals surface area contributed by atoms with Crippen LogP contribution in [-0.2, 0) is 17.8 Å². The fraction of sp³-hybridized carbons (Fsp3) is 0.273. The van der Waals surface area contributed by atoms with E-state index >= 15 is 0 Å². The molecule has 1 heterocycles. The van der Waals surface area contributed by atoms with Crippen LogP contribution in [0.1, 0.15) is 42.3 Å². The predicted molar refractivity (Wildman–Crippen MR) is 106 cm³/mol. The maximum atomic E-state index is 12.0. The highest BCUT2D eigenvalue weighted by molar-refractivity contribution is 5.89. The van der Waals surface area contributed by atoms with Crippen molar-refractivity contribution in [3.05, 3.63) is 83.7 Å². The second kappa shape index (κ2) is 8.18. The third-order valence-electron chi connectivity index (χ3n) is 3.95. The predicted octanol–water partition coefficient (Wildman–Crippen LogP) is 4.12. The molecule has 0 fully saturated rings. The maximum Gasteiger partial charge on any atom is 0.338 e. The minimum Gasteiger partial charge on any atom is -0.456 e. The number of ether oxygens (including phenoxy) is 1. The van der Waals surface area contributed by atoms with Crippen LogP contribution in [0.3, 0.4) is 0 Å². The van der Waals surface area contributed by atoms with Crippen LogP contribution < -0.4 is 5.32 Å². The fourth-order valence-corrected chi connectivity index (χ4v) is 2.63. The maximum absolute atomic E-state index is 12.0. The summed E-state index contributed by atoms with van der Waals surface area (Å²) in [5.41, 5.74) is 3.46. The molecule has 140 valence electrons. The average molecular weight is 363 g/mol. The van der Waals surface area contributed by atoms with E-state index in [1.165, 1.54) is 5.56 Å². The molecule has 5 heteroatoms. The number of hydrogen-bond acceptors (Lipinski definition) is 4. The first-order chi connectivity index (χ1) is 12.9. The lowest BCUT2D eigenvalue weighted by atomic mass is 10.1. The second-order valence-electron chi connectivity index (χ2n) is 7.42. The first-order valence-electron chi connectivity index (χ1n) is 9.03. The molecule has 0 amide bonds. The van der Waals surface area contributed by atoms with Crippen LogP contribution in [0.15, 0.2) is 67.0 Å². The topological polar surface area (TPSA) is 56.1 Å². The number of benzene rings is 2. The minimum absolute atomic E-state index is 0.292. The van der Waals surface area contributed by atoms with Gasteiger partial charge in [0.15, 0.2) is 0 Å². The molecule has 1 N–H and O–H groups in total. The highest BCUT2D eigenvalue weighted by Gasteiger charge is 2.17. The molecular formula is C22H25N3O2. The van der Waals surface area contributed by atoms with Crippen molar-refractivity contribution in [1.29, 1.82) is 0 Å². The highest BCUT2D eigenvalue weighted by atomic mass is 16.6. The molecule has 0 aliphatic heterocycles. The zero-order valence-electron chi connectivity index (χ0n) is 16.0. The van der Waals surface area contributed by atoms with Crippen LogP contribution >= 0.6 is 0 Å². The molecule has 0 spiro atoms. The summed E-state index contributed by atoms with van der Waals surface area (Å²) in [5, 5.41) is 7.65. The van der Waals surface area contributed by atoms with E-state index in [-0.39, 0.29) is 5.97 Å². The Balaban J connectivity index is 1.49. The molecule has 0 aliphatic carbocycles. The van der Waals surface area contributed by atoms with Crippen molar-refractivity contribution < 1.29 is 9.53 Å². The summed E-state index contributed by atoms with van der Waals surface area (Å²) in [6, 6.07) is 17.7. The van der Waals surface area contributed by atoms with Crippen molar-refractivity contribution in [2.75, 3.05) is 0 Å². The summed E-state index contributed by atoms with van der Waals surface area (Å²) >= 11 is 0. The van der Waals surface area contributed by atoms with Crippen LogP contribution in [0.2, 0.25) is 0 Å². The lowest BCUT2D eigenvalue weighted by molar-refractivity contribution is 0.00695. The van der Waals surface area contributed by atoms with Crippen LogP contribution in [0, 0.1) is 0 Å². The quantitative estimate of drug-likeness (QED) is 0.670. The van der Waals surface area contributed by atoms with E-state index in [9.17, 15) is 4.79 Å². The molecule has 0 saturated carbocycles. The van der Waals surface area contributed by atoms with Gasteiger partial charge in [-0.1, -0.05) is 24.3 Å². The van der Waals surface area contributed by atoms with Crippen molar-refractivity contribution in [2.45, 2.75) is 39.5 Å². The first kappa shape index (κ1) is 18.9. The van der Waals surface area contributed by atoms with Crippen molar-refractivity contribution in [2.24, 2.45) is 0 Å². The van der Waals surface area contributed by atoms with Gasteiger partial charge in [-0.2, -0.15) is 5.10 Å². The number of esters is 1. The van der Waals surface area contributed by atoms with Gasteiger partial charge in [-0.15, -0.1) is 0 Å². The molecule has 0 atom stereocenters. The van der Waals surface area contributed by atoms with E-state index in [1.807, 2.05) is 62.0 Å². The van der Waals surface area contributed by atoms with Gasteiger partial charge in [0, 0.05) is 25.5 Å². The zero-order chi connectivity index (χ0) is 19.3. The number of carbonyl (C=O) groups excluding carboxylic acids is 1. The van der Waals surface area contributed by atoms with E-state index in [1.54, 1.807) is 6.20 Å². The Morgan fingerprint density at radius 3 is 2.11 bits per heavy atom. The molecule has 3 rings (SSSR count). The molecule has 2 aromatic carbocycles. The number of nitrogens with zero attached hydrogens (tertiary/aromatic N) is 2. The lowest BCUT2D eigenvalue weighted by Gasteiger charge is -2.19. The van der Waals surface area contributed by atoms with Crippen LogP contribution in [-0.4, -0.2) is 21.4 Å². The Labute approximate surface area is 160 Å². The second-order valence-corrected chi connectivity index (χ2v) is 7.42. The van der Waals surface area contributed by atoms with Crippen LogP contribution in [0.25, 0.3) is 5.69 Å². The molecule has 0 unspecified atom stereocenters. The van der Waals surface area contributed by atoms with Gasteiger partial charge in [-0.05, 0) is 62.2 Å². The Kier molecular flexibility index (Phi) is 5.72. The SMILES string of the molecule is CC(C)(C)OC(=O)c1ccc(CNCc2ccc(-n3cccn3)cc2)cc1. The molecule has 0 radical (unpaired) electrons. The van der Waals surface area contributed by atoms with Gasteiger partial charge in [0.1, 0.15) is 5.60 Å². The summed E-state index contributed by atoms with van der Waals surface area (Å²) in [7, 11) is 0. The van der Waals surface area contributed by atoms with Crippen LogP contribution in [0.4, 0.5) is 0 Å². The summed E-state index contributed by atoms with van der Waals surface area (Å²) in [6.07, 6.45) is 3.69. The Hall–Kier alpha value is -2.92. The number of carbonyl (C=O) groups is 1. The number of nitrogens with one attached hydrogen (secondary N) is 1. The molecule has 0 aliphatic rings. The van der Waals surface area contributed by atoms with Gasteiger partial charge in [-0.3, -0.25) is 0 Å². The summed E-state index contributed by atoms with van der Waals surface area (Å²) in [6.45, 7) is 7.10. The molecule has 1 aromatic heterocycles. The van der Waals surface area contributed by atoms with Gasteiger partial charge >= 0.3 is 5.97 Å². The van der Waals surface area contributed by atoms with Gasteiger partial charge in [0.05, 0.1) is 11.3 Å². The molecular weight excluding hydrogens is 338 g/mol. The third kappa shape index (κ3) is 5.53. The minimum atomic E-state index is -0.482. The van der Waals surface area contributed by atoms with E-state index in [2.05, 4.69) is 34.7 Å². The summed E-state index contributed by atoms with van der Waals surface area (Å²) < 4.78 is 7.22. The van der Waals surface area contributed by atoms with E-state index < -0.39 is 5.60 Å². The van der Waals surface area contributed by atoms with Crippen molar-refractivity contribution in [3.63, 3.8) is 0 Å². The van der Waals surface area contributed by atoms with E-state index in [0.717, 1.165) is 24.3 Å². The number of rotatable bonds is 6. The van der Waals surface area contributed by atoms with Crippen molar-refractivity contribution >= 4 is 5.97 Å². The molecule has 27 heavy (non-hydrogen) atoms. The first-order valence-corrected chi connectivity index (χ1v) is 9.03. The summed E-state index contributed by atoms with van der Waals surface area (Å²) in [4.78, 5) is 12.0. The zero-order valence-corrected chi connectivity index (χ0v) is 16.0. The number of hydrogen-bond donors (Lipinski definition) is 1. The molecule has 0 bridgehead atoms. The van der Waals surface area contributed by atoms with Gasteiger partial charge in [0.2, 0.25) is 0 Å². The monoisotopic (exact) mass is 363 g/mol. The standard InChI is InChI=1S/C22H25N3O2/c1-22(2,3)27-21(26)19-9-5-17(6-10-19)15-23-16-18-7-11-20(12-8-18)25-14-4-13-24-25/h4-14,23H,15-16H2,1-3H3. The Morgan fingerprint density at radius 2 is 1.59 bits per heavy atom. The third-order valence-corrected chi connectivity index (χ3v) is 3.95. The van der Waals surface area contributed by atoms with Gasteiger partial charge in [-0.25, -0.2) is 9.48 Å². The number of aromatic nitrogens is 2. The van der Waals surface area contributed by atoms with Gasteiger partial charge in [0.25, 0.3) is 0 Å². The normalized spacial score (nSPS) is 11.4.